The van der Waals surface area contributed by atoms with Gasteiger partial charge in [-0.1, -0.05) is 35.9 Å². The number of hydrazone groups is 1. The number of rotatable bonds is 8. The van der Waals surface area contributed by atoms with Crippen LogP contribution in [-0.2, 0) is 6.61 Å². The molecule has 0 aliphatic carbocycles. The number of nitrogens with one attached hydrogen (secondary N) is 1. The average Bonchev–Trinajstić information content (AvgIpc) is 2.75. The lowest BCUT2D eigenvalue weighted by Crippen LogP contribution is -2.17. The second-order valence-electron chi connectivity index (χ2n) is 6.11. The Hall–Kier alpha value is -3.31. The molecule has 0 aromatic heterocycles. The fourth-order valence-electron chi connectivity index (χ4n) is 2.55. The highest BCUT2D eigenvalue weighted by Gasteiger charge is 2.05. The van der Waals surface area contributed by atoms with Gasteiger partial charge in [0.05, 0.1) is 12.8 Å². The van der Waals surface area contributed by atoms with E-state index in [0.717, 1.165) is 16.9 Å². The smallest absolute Gasteiger partial charge is 0.271 e. The van der Waals surface area contributed by atoms with Gasteiger partial charge in [-0.05, 0) is 61.0 Å². The van der Waals surface area contributed by atoms with Crippen molar-refractivity contribution in [2.75, 3.05) is 6.61 Å². The molecule has 0 atom stereocenters. The van der Waals surface area contributed by atoms with Gasteiger partial charge >= 0.3 is 0 Å². The molecule has 6 heteroatoms. The highest BCUT2D eigenvalue weighted by Crippen LogP contribution is 2.18. The van der Waals surface area contributed by atoms with E-state index < -0.39 is 0 Å². The van der Waals surface area contributed by atoms with Gasteiger partial charge in [0, 0.05) is 16.1 Å². The van der Waals surface area contributed by atoms with E-state index in [1.54, 1.807) is 30.5 Å². The highest BCUT2D eigenvalue weighted by atomic mass is 35.5. The first kappa shape index (κ1) is 20.4. The largest absolute Gasteiger partial charge is 0.494 e. The van der Waals surface area contributed by atoms with Crippen LogP contribution >= 0.6 is 11.6 Å². The van der Waals surface area contributed by atoms with Gasteiger partial charge in [-0.25, -0.2) is 5.43 Å². The Morgan fingerprint density at radius 3 is 2.45 bits per heavy atom. The summed E-state index contributed by atoms with van der Waals surface area (Å²) < 4.78 is 11.3. The van der Waals surface area contributed by atoms with Crippen molar-refractivity contribution in [3.05, 3.63) is 94.5 Å². The predicted molar refractivity (Wildman–Crippen MR) is 115 cm³/mol. The van der Waals surface area contributed by atoms with E-state index in [-0.39, 0.29) is 5.91 Å². The SMILES string of the molecule is CCOc1ccc(C(=O)N/N=C/c2ccccc2OCc2ccc(Cl)cc2)cc1. The first-order chi connectivity index (χ1) is 14.2. The summed E-state index contributed by atoms with van der Waals surface area (Å²) in [6.07, 6.45) is 1.56. The lowest BCUT2D eigenvalue weighted by atomic mass is 10.2. The van der Waals surface area contributed by atoms with E-state index in [0.29, 0.717) is 29.5 Å². The monoisotopic (exact) mass is 408 g/mol. The van der Waals surface area contributed by atoms with E-state index in [2.05, 4.69) is 10.5 Å². The van der Waals surface area contributed by atoms with Gasteiger partial charge in [-0.15, -0.1) is 0 Å². The summed E-state index contributed by atoms with van der Waals surface area (Å²) >= 11 is 5.90. The van der Waals surface area contributed by atoms with Crippen LogP contribution in [0.3, 0.4) is 0 Å². The number of hydrogen-bond donors (Lipinski definition) is 1. The molecular weight excluding hydrogens is 388 g/mol. The highest BCUT2D eigenvalue weighted by molar-refractivity contribution is 6.30. The summed E-state index contributed by atoms with van der Waals surface area (Å²) in [6.45, 7) is 2.89. The van der Waals surface area contributed by atoms with Gasteiger partial charge in [0.1, 0.15) is 18.1 Å². The molecule has 1 N–H and O–H groups in total. The quantitative estimate of drug-likeness (QED) is 0.417. The van der Waals surface area contributed by atoms with Crippen LogP contribution in [0.1, 0.15) is 28.4 Å². The Morgan fingerprint density at radius 2 is 1.72 bits per heavy atom. The molecule has 0 aliphatic rings. The Labute approximate surface area is 174 Å². The van der Waals surface area contributed by atoms with Gasteiger partial charge in [0.25, 0.3) is 5.91 Å². The number of carbonyl (C=O) groups excluding carboxylic acids is 1. The molecule has 1 amide bonds. The molecule has 0 aliphatic heterocycles. The summed E-state index contributed by atoms with van der Waals surface area (Å²) in [7, 11) is 0. The Kier molecular flexibility index (Phi) is 7.25. The fourth-order valence-corrected chi connectivity index (χ4v) is 2.68. The molecule has 0 bridgehead atoms. The van der Waals surface area contributed by atoms with Crippen molar-refractivity contribution < 1.29 is 14.3 Å². The van der Waals surface area contributed by atoms with Crippen molar-refractivity contribution in [3.63, 3.8) is 0 Å². The topological polar surface area (TPSA) is 59.9 Å². The first-order valence-corrected chi connectivity index (χ1v) is 9.56. The van der Waals surface area contributed by atoms with Crippen LogP contribution in [0.5, 0.6) is 11.5 Å². The number of para-hydroxylation sites is 1. The fraction of sp³-hybridized carbons (Fsp3) is 0.130. The molecule has 0 saturated heterocycles. The molecule has 3 aromatic rings. The first-order valence-electron chi connectivity index (χ1n) is 9.18. The molecule has 29 heavy (non-hydrogen) atoms. The number of benzene rings is 3. The van der Waals surface area contributed by atoms with Gasteiger partial charge in [0.2, 0.25) is 0 Å². The number of hydrogen-bond acceptors (Lipinski definition) is 4. The zero-order chi connectivity index (χ0) is 20.5. The number of halogens is 1. The van der Waals surface area contributed by atoms with Crippen LogP contribution in [0.4, 0.5) is 0 Å². The molecule has 0 spiro atoms. The zero-order valence-corrected chi connectivity index (χ0v) is 16.7. The van der Waals surface area contributed by atoms with Crippen molar-refractivity contribution in [3.8, 4) is 11.5 Å². The van der Waals surface area contributed by atoms with Gasteiger partial charge < -0.3 is 9.47 Å². The van der Waals surface area contributed by atoms with E-state index >= 15 is 0 Å². The van der Waals surface area contributed by atoms with Crippen LogP contribution in [0, 0.1) is 0 Å². The standard InChI is InChI=1S/C23H21ClN2O3/c1-2-28-21-13-9-18(10-14-21)23(27)26-25-15-19-5-3-4-6-22(19)29-16-17-7-11-20(24)12-8-17/h3-15H,2,16H2,1H3,(H,26,27)/b25-15+. The van der Waals surface area contributed by atoms with Gasteiger partial charge in [-0.2, -0.15) is 5.10 Å². The second-order valence-corrected chi connectivity index (χ2v) is 6.55. The maximum absolute atomic E-state index is 12.2. The minimum Gasteiger partial charge on any atom is -0.494 e. The molecule has 0 radical (unpaired) electrons. The summed E-state index contributed by atoms with van der Waals surface area (Å²) in [5.74, 6) is 1.09. The summed E-state index contributed by atoms with van der Waals surface area (Å²) in [4.78, 5) is 12.2. The summed E-state index contributed by atoms with van der Waals surface area (Å²) in [5.41, 5.74) is 4.79. The zero-order valence-electron chi connectivity index (χ0n) is 16.0. The Morgan fingerprint density at radius 1 is 1.00 bits per heavy atom. The molecule has 5 nitrogen and oxygen atoms in total. The van der Waals surface area contributed by atoms with Crippen LogP contribution in [0.25, 0.3) is 0 Å². The van der Waals surface area contributed by atoms with Crippen molar-refractivity contribution in [2.24, 2.45) is 5.10 Å². The van der Waals surface area contributed by atoms with Crippen LogP contribution in [0.2, 0.25) is 5.02 Å². The number of ether oxygens (including phenoxy) is 2. The third-order valence-electron chi connectivity index (χ3n) is 4.02. The number of nitrogens with zero attached hydrogens (tertiary/aromatic N) is 1. The molecule has 0 fully saturated rings. The summed E-state index contributed by atoms with van der Waals surface area (Å²) in [6, 6.07) is 21.8. The van der Waals surface area contributed by atoms with Crippen LogP contribution < -0.4 is 14.9 Å². The van der Waals surface area contributed by atoms with Crippen molar-refractivity contribution in [1.29, 1.82) is 0 Å². The molecule has 3 aromatic carbocycles. The van der Waals surface area contributed by atoms with Crippen LogP contribution in [0.15, 0.2) is 77.9 Å². The summed E-state index contributed by atoms with van der Waals surface area (Å²) in [5, 5.41) is 4.74. The van der Waals surface area contributed by atoms with E-state index in [1.165, 1.54) is 0 Å². The molecule has 0 heterocycles. The minimum atomic E-state index is -0.302. The lowest BCUT2D eigenvalue weighted by molar-refractivity contribution is 0.0955. The maximum Gasteiger partial charge on any atom is 0.271 e. The lowest BCUT2D eigenvalue weighted by Gasteiger charge is -2.09. The van der Waals surface area contributed by atoms with E-state index in [1.807, 2.05) is 55.5 Å². The average molecular weight is 409 g/mol. The normalized spacial score (nSPS) is 10.7. The van der Waals surface area contributed by atoms with Crippen LogP contribution in [-0.4, -0.2) is 18.7 Å². The Bertz CT molecular complexity index is 970. The molecule has 0 unspecified atom stereocenters. The maximum atomic E-state index is 12.2. The molecule has 148 valence electrons. The third kappa shape index (κ3) is 6.09. The Balaban J connectivity index is 1.60. The molecule has 0 saturated carbocycles. The van der Waals surface area contributed by atoms with Crippen molar-refractivity contribution in [2.45, 2.75) is 13.5 Å². The van der Waals surface area contributed by atoms with Crippen molar-refractivity contribution >= 4 is 23.7 Å². The van der Waals surface area contributed by atoms with E-state index in [4.69, 9.17) is 21.1 Å². The second kappa shape index (κ2) is 10.3. The van der Waals surface area contributed by atoms with Gasteiger partial charge in [0.15, 0.2) is 0 Å². The van der Waals surface area contributed by atoms with Crippen molar-refractivity contribution in [1.82, 2.24) is 5.43 Å². The van der Waals surface area contributed by atoms with Gasteiger partial charge in [-0.3, -0.25) is 4.79 Å². The number of carbonyl (C=O) groups is 1. The predicted octanol–water partition coefficient (Wildman–Crippen LogP) is 5.08. The molecule has 3 rings (SSSR count). The number of amides is 1. The molecular formula is C23H21ClN2O3. The minimum absolute atomic E-state index is 0.302. The third-order valence-corrected chi connectivity index (χ3v) is 4.28. The van der Waals surface area contributed by atoms with E-state index in [9.17, 15) is 4.79 Å².